The van der Waals surface area contributed by atoms with Crippen molar-refractivity contribution in [1.29, 1.82) is 0 Å². The normalized spacial score (nSPS) is 23.9. The van der Waals surface area contributed by atoms with Crippen LogP contribution >= 0.6 is 0 Å². The molecular formula is C24H26O6. The molecule has 4 atom stereocenters. The van der Waals surface area contributed by atoms with Crippen molar-refractivity contribution in [2.45, 2.75) is 26.1 Å². The molecule has 0 bridgehead atoms. The Hall–Kier alpha value is -3.02. The molecule has 0 amide bonds. The highest BCUT2D eigenvalue weighted by atomic mass is 16.5. The number of hydrogen-bond donors (Lipinski definition) is 0. The first kappa shape index (κ1) is 20.3. The van der Waals surface area contributed by atoms with E-state index in [1.165, 1.54) is 0 Å². The van der Waals surface area contributed by atoms with Crippen molar-refractivity contribution in [2.75, 3.05) is 14.2 Å². The Bertz CT molecular complexity index is 889. The number of hydrogen-bond acceptors (Lipinski definition) is 6. The van der Waals surface area contributed by atoms with Crippen molar-refractivity contribution in [3.63, 3.8) is 0 Å². The Morgan fingerprint density at radius 3 is 1.77 bits per heavy atom. The van der Waals surface area contributed by atoms with Gasteiger partial charge in [-0.3, -0.25) is 9.59 Å². The summed E-state index contributed by atoms with van der Waals surface area (Å²) in [6.07, 6.45) is 1.65. The Morgan fingerprint density at radius 1 is 0.767 bits per heavy atom. The fourth-order valence-electron chi connectivity index (χ4n) is 4.45. The van der Waals surface area contributed by atoms with E-state index in [1.807, 2.05) is 48.5 Å². The summed E-state index contributed by atoms with van der Waals surface area (Å²) >= 11 is 0. The third-order valence-electron chi connectivity index (χ3n) is 6.16. The molecule has 158 valence electrons. The lowest BCUT2D eigenvalue weighted by atomic mass is 10.00. The summed E-state index contributed by atoms with van der Waals surface area (Å²) < 4.78 is 21.3. The first-order valence-electron chi connectivity index (χ1n) is 10.2. The lowest BCUT2D eigenvalue weighted by Crippen LogP contribution is -2.21. The Balaban J connectivity index is 1.25. The summed E-state index contributed by atoms with van der Waals surface area (Å²) in [6.45, 7) is 0.453. The predicted molar refractivity (Wildman–Crippen MR) is 109 cm³/mol. The monoisotopic (exact) mass is 410 g/mol. The fourth-order valence-corrected chi connectivity index (χ4v) is 4.45. The standard InChI is InChI=1S/C24H26O6/c1-27-17-7-3-15(4-8-17)13-29-23(25)20-12-11-19-21(20)22(19)24(26)30-14-16-5-9-18(28-2)10-6-16/h3-10,19-22H,11-14H2,1-2H3. The summed E-state index contributed by atoms with van der Waals surface area (Å²) in [7, 11) is 3.22. The zero-order chi connectivity index (χ0) is 21.1. The number of carbonyl (C=O) groups is 2. The van der Waals surface area contributed by atoms with Crippen molar-refractivity contribution in [1.82, 2.24) is 0 Å². The summed E-state index contributed by atoms with van der Waals surface area (Å²) in [5.41, 5.74) is 1.82. The number of rotatable bonds is 8. The van der Waals surface area contributed by atoms with Crippen LogP contribution in [0.15, 0.2) is 48.5 Å². The van der Waals surface area contributed by atoms with E-state index in [1.54, 1.807) is 14.2 Å². The van der Waals surface area contributed by atoms with Crippen LogP contribution in [-0.2, 0) is 32.3 Å². The molecule has 2 saturated carbocycles. The van der Waals surface area contributed by atoms with Crippen molar-refractivity contribution >= 4 is 11.9 Å². The largest absolute Gasteiger partial charge is 0.497 e. The van der Waals surface area contributed by atoms with Crippen molar-refractivity contribution < 1.29 is 28.5 Å². The average molecular weight is 410 g/mol. The molecule has 2 aliphatic carbocycles. The Morgan fingerprint density at radius 2 is 1.27 bits per heavy atom. The molecule has 0 radical (unpaired) electrons. The maximum absolute atomic E-state index is 12.6. The number of esters is 2. The van der Waals surface area contributed by atoms with E-state index in [0.717, 1.165) is 35.5 Å². The molecule has 30 heavy (non-hydrogen) atoms. The number of benzene rings is 2. The van der Waals surface area contributed by atoms with E-state index < -0.39 is 0 Å². The second kappa shape index (κ2) is 8.78. The lowest BCUT2D eigenvalue weighted by molar-refractivity contribution is -0.152. The van der Waals surface area contributed by atoms with Gasteiger partial charge in [0.25, 0.3) is 0 Å². The van der Waals surface area contributed by atoms with Gasteiger partial charge in [-0.05, 0) is 60.1 Å². The van der Waals surface area contributed by atoms with Crippen molar-refractivity contribution in [3.8, 4) is 11.5 Å². The SMILES string of the molecule is COc1ccc(COC(=O)C2CCC3C(C(=O)OCc4ccc(OC)cc4)C23)cc1. The predicted octanol–water partition coefficient (Wildman–Crippen LogP) is 3.76. The van der Waals surface area contributed by atoms with Crippen LogP contribution in [-0.4, -0.2) is 26.2 Å². The second-order valence-corrected chi connectivity index (χ2v) is 7.86. The third kappa shape index (κ3) is 4.27. The summed E-state index contributed by atoms with van der Waals surface area (Å²) in [4.78, 5) is 25.1. The van der Waals surface area contributed by atoms with Crippen LogP contribution in [0.25, 0.3) is 0 Å². The molecule has 2 fully saturated rings. The number of fused-ring (bicyclic) bond motifs is 1. The van der Waals surface area contributed by atoms with Crippen LogP contribution in [0, 0.1) is 23.7 Å². The third-order valence-corrected chi connectivity index (χ3v) is 6.16. The molecule has 0 aliphatic heterocycles. The van der Waals surface area contributed by atoms with Gasteiger partial charge < -0.3 is 18.9 Å². The van der Waals surface area contributed by atoms with Crippen molar-refractivity contribution in [3.05, 3.63) is 59.7 Å². The maximum atomic E-state index is 12.6. The molecule has 0 saturated heterocycles. The summed E-state index contributed by atoms with van der Waals surface area (Å²) in [6, 6.07) is 14.8. The van der Waals surface area contributed by atoms with Gasteiger partial charge in [0.05, 0.1) is 26.1 Å². The quantitative estimate of drug-likeness (QED) is 0.617. The molecule has 2 aliphatic rings. The molecule has 2 aromatic carbocycles. The number of ether oxygens (including phenoxy) is 4. The van der Waals surface area contributed by atoms with Crippen LogP contribution in [0.4, 0.5) is 0 Å². The van der Waals surface area contributed by atoms with E-state index in [9.17, 15) is 9.59 Å². The van der Waals surface area contributed by atoms with Gasteiger partial charge in [0, 0.05) is 0 Å². The van der Waals surface area contributed by atoms with Gasteiger partial charge >= 0.3 is 11.9 Å². The topological polar surface area (TPSA) is 71.1 Å². The second-order valence-electron chi connectivity index (χ2n) is 7.86. The smallest absolute Gasteiger partial charge is 0.309 e. The van der Waals surface area contributed by atoms with Gasteiger partial charge in [-0.25, -0.2) is 0 Å². The molecule has 4 unspecified atom stereocenters. The van der Waals surface area contributed by atoms with E-state index in [0.29, 0.717) is 0 Å². The maximum Gasteiger partial charge on any atom is 0.309 e. The van der Waals surface area contributed by atoms with Gasteiger partial charge in [-0.2, -0.15) is 0 Å². The number of carbonyl (C=O) groups excluding carboxylic acids is 2. The molecule has 0 heterocycles. The average Bonchev–Trinajstić information content (AvgIpc) is 3.35. The van der Waals surface area contributed by atoms with Gasteiger partial charge in [-0.15, -0.1) is 0 Å². The molecule has 4 rings (SSSR count). The summed E-state index contributed by atoms with van der Waals surface area (Å²) in [5.74, 6) is 0.985. The van der Waals surface area contributed by atoms with Crippen LogP contribution in [0.3, 0.4) is 0 Å². The van der Waals surface area contributed by atoms with Crippen LogP contribution in [0.1, 0.15) is 24.0 Å². The van der Waals surface area contributed by atoms with Gasteiger partial charge in [-0.1, -0.05) is 24.3 Å². The van der Waals surface area contributed by atoms with Crippen LogP contribution in [0.2, 0.25) is 0 Å². The lowest BCUT2D eigenvalue weighted by Gasteiger charge is -2.14. The molecule has 2 aromatic rings. The van der Waals surface area contributed by atoms with Gasteiger partial charge in [0.1, 0.15) is 24.7 Å². The molecular weight excluding hydrogens is 384 g/mol. The van der Waals surface area contributed by atoms with Gasteiger partial charge in [0.15, 0.2) is 0 Å². The highest BCUT2D eigenvalue weighted by Gasteiger charge is 2.64. The molecule has 0 spiro atoms. The first-order valence-corrected chi connectivity index (χ1v) is 10.2. The minimum Gasteiger partial charge on any atom is -0.497 e. The fraction of sp³-hybridized carbons (Fsp3) is 0.417. The highest BCUT2D eigenvalue weighted by molar-refractivity contribution is 5.81. The molecule has 6 heteroatoms. The van der Waals surface area contributed by atoms with E-state index in [-0.39, 0.29) is 48.8 Å². The number of methoxy groups -OCH3 is 2. The van der Waals surface area contributed by atoms with E-state index in [4.69, 9.17) is 18.9 Å². The minimum absolute atomic E-state index is 0.0525. The molecule has 0 N–H and O–H groups in total. The molecule has 6 nitrogen and oxygen atoms in total. The zero-order valence-electron chi connectivity index (χ0n) is 17.2. The van der Waals surface area contributed by atoms with Crippen molar-refractivity contribution in [2.24, 2.45) is 23.7 Å². The first-order chi connectivity index (χ1) is 14.6. The Labute approximate surface area is 176 Å². The summed E-state index contributed by atoms with van der Waals surface area (Å²) in [5, 5.41) is 0. The highest BCUT2D eigenvalue weighted by Crippen LogP contribution is 2.61. The molecule has 0 aromatic heterocycles. The minimum atomic E-state index is -0.219. The Kier molecular flexibility index (Phi) is 5.93. The van der Waals surface area contributed by atoms with Crippen LogP contribution < -0.4 is 9.47 Å². The van der Waals surface area contributed by atoms with E-state index >= 15 is 0 Å². The van der Waals surface area contributed by atoms with Gasteiger partial charge in [0.2, 0.25) is 0 Å². The van der Waals surface area contributed by atoms with Crippen LogP contribution in [0.5, 0.6) is 11.5 Å². The van der Waals surface area contributed by atoms with E-state index in [2.05, 4.69) is 0 Å². The zero-order valence-corrected chi connectivity index (χ0v) is 17.2.